The molecule has 1 aliphatic heterocycles. The van der Waals surface area contributed by atoms with Crippen molar-refractivity contribution in [2.75, 3.05) is 5.32 Å². The molecule has 2 aromatic carbocycles. The molecule has 0 spiro atoms. The number of aliphatic hydroxyl groups is 1. The van der Waals surface area contributed by atoms with Crippen molar-refractivity contribution in [3.8, 4) is 0 Å². The fraction of sp³-hybridized carbons (Fsp3) is 0.0714. The Kier molecular flexibility index (Phi) is 2.59. The number of halogens is 2. The fourth-order valence-corrected chi connectivity index (χ4v) is 2.46. The van der Waals surface area contributed by atoms with Gasteiger partial charge >= 0.3 is 0 Å². The number of hydrogen-bond acceptors (Lipinski definition) is 2. The number of fused-ring (bicyclic) bond motifs is 1. The molecule has 0 bridgehead atoms. The lowest BCUT2D eigenvalue weighted by Crippen LogP contribution is -2.36. The summed E-state index contributed by atoms with van der Waals surface area (Å²) in [6.45, 7) is 0. The molecule has 1 unspecified atom stereocenters. The van der Waals surface area contributed by atoms with Crippen molar-refractivity contribution in [2.45, 2.75) is 5.60 Å². The average Bonchev–Trinajstić information content (AvgIpc) is 2.62. The Hall–Kier alpha value is -1.91. The van der Waals surface area contributed by atoms with E-state index in [-0.39, 0.29) is 5.56 Å². The minimum atomic E-state index is -2.02. The van der Waals surface area contributed by atoms with Gasteiger partial charge in [0.15, 0.2) is 5.60 Å². The predicted molar refractivity (Wildman–Crippen MR) is 69.5 cm³/mol. The first kappa shape index (κ1) is 12.1. The maximum Gasteiger partial charge on any atom is 0.265 e. The summed E-state index contributed by atoms with van der Waals surface area (Å²) in [7, 11) is 0. The van der Waals surface area contributed by atoms with Gasteiger partial charge in [-0.05, 0) is 18.2 Å². The van der Waals surface area contributed by atoms with Gasteiger partial charge in [0.2, 0.25) is 0 Å². The van der Waals surface area contributed by atoms with Crippen molar-refractivity contribution in [1.82, 2.24) is 0 Å². The van der Waals surface area contributed by atoms with Crippen LogP contribution in [0, 0.1) is 5.82 Å². The van der Waals surface area contributed by atoms with Crippen molar-refractivity contribution in [3.05, 3.63) is 64.4 Å². The van der Waals surface area contributed by atoms with Gasteiger partial charge < -0.3 is 10.4 Å². The van der Waals surface area contributed by atoms with Crippen molar-refractivity contribution >= 4 is 23.2 Å². The molecule has 1 amide bonds. The Morgan fingerprint density at radius 2 is 1.89 bits per heavy atom. The second-order valence-electron chi connectivity index (χ2n) is 4.33. The van der Waals surface area contributed by atoms with Gasteiger partial charge in [0.05, 0.1) is 0 Å². The highest BCUT2D eigenvalue weighted by atomic mass is 35.5. The number of amides is 1. The van der Waals surface area contributed by atoms with E-state index in [4.69, 9.17) is 11.6 Å². The molecule has 1 heterocycles. The fourth-order valence-electron chi connectivity index (χ4n) is 2.29. The lowest BCUT2D eigenvalue weighted by molar-refractivity contribution is -0.129. The van der Waals surface area contributed by atoms with Gasteiger partial charge in [-0.1, -0.05) is 35.9 Å². The third-order valence-electron chi connectivity index (χ3n) is 3.21. The SMILES string of the molecule is O=C1Nc2cc(Cl)ccc2C1(O)c1ccccc1F. The van der Waals surface area contributed by atoms with Crippen molar-refractivity contribution in [1.29, 1.82) is 0 Å². The molecule has 2 aromatic rings. The molecule has 2 N–H and O–H groups in total. The van der Waals surface area contributed by atoms with Crippen LogP contribution in [0.25, 0.3) is 0 Å². The van der Waals surface area contributed by atoms with Crippen molar-refractivity contribution in [2.24, 2.45) is 0 Å². The van der Waals surface area contributed by atoms with E-state index in [2.05, 4.69) is 5.32 Å². The summed E-state index contributed by atoms with van der Waals surface area (Å²) in [6, 6.07) is 10.2. The van der Waals surface area contributed by atoms with Gasteiger partial charge in [-0.15, -0.1) is 0 Å². The Labute approximate surface area is 113 Å². The van der Waals surface area contributed by atoms with E-state index in [0.29, 0.717) is 16.3 Å². The number of hydrogen-bond donors (Lipinski definition) is 2. The first-order chi connectivity index (χ1) is 9.03. The maximum atomic E-state index is 13.9. The van der Waals surface area contributed by atoms with Crippen LogP contribution < -0.4 is 5.32 Å². The third kappa shape index (κ3) is 1.64. The van der Waals surface area contributed by atoms with Crippen LogP contribution in [-0.4, -0.2) is 11.0 Å². The molecule has 0 fully saturated rings. The highest BCUT2D eigenvalue weighted by Crippen LogP contribution is 2.42. The van der Waals surface area contributed by atoms with Gasteiger partial charge in [-0.3, -0.25) is 4.79 Å². The highest BCUT2D eigenvalue weighted by Gasteiger charge is 2.48. The Bertz CT molecular complexity index is 689. The zero-order valence-electron chi connectivity index (χ0n) is 9.65. The predicted octanol–water partition coefficient (Wildman–Crippen LogP) is 2.67. The lowest BCUT2D eigenvalue weighted by Gasteiger charge is -2.21. The summed E-state index contributed by atoms with van der Waals surface area (Å²) in [4.78, 5) is 12.0. The number of carbonyl (C=O) groups excluding carboxylic acids is 1. The molecule has 5 heteroatoms. The number of anilines is 1. The summed E-state index contributed by atoms with van der Waals surface area (Å²) in [5, 5.41) is 13.6. The first-order valence-electron chi connectivity index (χ1n) is 5.62. The third-order valence-corrected chi connectivity index (χ3v) is 3.45. The number of benzene rings is 2. The molecule has 3 rings (SSSR count). The molecule has 96 valence electrons. The normalized spacial score (nSPS) is 21.1. The Morgan fingerprint density at radius 3 is 2.63 bits per heavy atom. The Morgan fingerprint density at radius 1 is 1.16 bits per heavy atom. The van der Waals surface area contributed by atoms with Crippen LogP contribution in [0.15, 0.2) is 42.5 Å². The number of carbonyl (C=O) groups is 1. The van der Waals surface area contributed by atoms with Crippen LogP contribution in [0.4, 0.5) is 10.1 Å². The topological polar surface area (TPSA) is 49.3 Å². The van der Waals surface area contributed by atoms with Gasteiger partial charge in [-0.2, -0.15) is 0 Å². The van der Waals surface area contributed by atoms with Crippen LogP contribution in [0.1, 0.15) is 11.1 Å². The summed E-state index contributed by atoms with van der Waals surface area (Å²) >= 11 is 5.83. The second-order valence-corrected chi connectivity index (χ2v) is 4.77. The van der Waals surface area contributed by atoms with Gasteiger partial charge in [-0.25, -0.2) is 4.39 Å². The summed E-state index contributed by atoms with van der Waals surface area (Å²) < 4.78 is 13.9. The van der Waals surface area contributed by atoms with E-state index in [1.165, 1.54) is 30.3 Å². The van der Waals surface area contributed by atoms with Crippen LogP contribution in [0.2, 0.25) is 5.02 Å². The van der Waals surface area contributed by atoms with E-state index in [1.54, 1.807) is 12.1 Å². The summed E-state index contributed by atoms with van der Waals surface area (Å²) in [6.07, 6.45) is 0. The van der Waals surface area contributed by atoms with Gasteiger partial charge in [0.25, 0.3) is 5.91 Å². The first-order valence-corrected chi connectivity index (χ1v) is 6.00. The molecule has 0 radical (unpaired) electrons. The monoisotopic (exact) mass is 277 g/mol. The standard InChI is InChI=1S/C14H9ClFNO2/c15-8-5-6-10-12(7-8)17-13(18)14(10,19)9-3-1-2-4-11(9)16/h1-7,19H,(H,17,18). The number of rotatable bonds is 1. The smallest absolute Gasteiger partial charge is 0.265 e. The van der Waals surface area contributed by atoms with E-state index < -0.39 is 17.3 Å². The molecular formula is C14H9ClFNO2. The van der Waals surface area contributed by atoms with E-state index in [1.807, 2.05) is 0 Å². The zero-order valence-corrected chi connectivity index (χ0v) is 10.4. The molecule has 3 nitrogen and oxygen atoms in total. The summed E-state index contributed by atoms with van der Waals surface area (Å²) in [5.41, 5.74) is -1.41. The second kappa shape index (κ2) is 4.05. The van der Waals surface area contributed by atoms with E-state index in [9.17, 15) is 14.3 Å². The van der Waals surface area contributed by atoms with E-state index in [0.717, 1.165) is 0 Å². The molecule has 0 aliphatic carbocycles. The maximum absolute atomic E-state index is 13.9. The highest BCUT2D eigenvalue weighted by molar-refractivity contribution is 6.31. The van der Waals surface area contributed by atoms with Crippen LogP contribution in [0.5, 0.6) is 0 Å². The molecule has 0 saturated heterocycles. The minimum Gasteiger partial charge on any atom is -0.372 e. The summed E-state index contributed by atoms with van der Waals surface area (Å²) in [5.74, 6) is -1.32. The molecular weight excluding hydrogens is 269 g/mol. The molecule has 1 aliphatic rings. The van der Waals surface area contributed by atoms with E-state index >= 15 is 0 Å². The molecule has 1 atom stereocenters. The number of nitrogens with one attached hydrogen (secondary N) is 1. The quantitative estimate of drug-likeness (QED) is 0.842. The largest absolute Gasteiger partial charge is 0.372 e. The van der Waals surface area contributed by atoms with Crippen molar-refractivity contribution in [3.63, 3.8) is 0 Å². The molecule has 0 saturated carbocycles. The lowest BCUT2D eigenvalue weighted by atomic mass is 9.87. The average molecular weight is 278 g/mol. The zero-order chi connectivity index (χ0) is 13.6. The molecule has 0 aromatic heterocycles. The minimum absolute atomic E-state index is 0.0754. The Balaban J connectivity index is 2.26. The molecule has 19 heavy (non-hydrogen) atoms. The van der Waals surface area contributed by atoms with Crippen LogP contribution >= 0.6 is 11.6 Å². The van der Waals surface area contributed by atoms with Gasteiger partial charge in [0.1, 0.15) is 5.82 Å². The van der Waals surface area contributed by atoms with Crippen LogP contribution in [0.3, 0.4) is 0 Å². The van der Waals surface area contributed by atoms with Crippen molar-refractivity contribution < 1.29 is 14.3 Å². The van der Waals surface area contributed by atoms with Gasteiger partial charge in [0, 0.05) is 21.8 Å². The van der Waals surface area contributed by atoms with Crippen LogP contribution in [-0.2, 0) is 10.4 Å².